The Morgan fingerprint density at radius 2 is 2.00 bits per heavy atom. The summed E-state index contributed by atoms with van der Waals surface area (Å²) in [5.74, 6) is -0.662. The Morgan fingerprint density at radius 1 is 1.21 bits per heavy atom. The smallest absolute Gasteiger partial charge is 0.328 e. The number of carbonyl (C=O) groups excluding carboxylic acids is 1. The van der Waals surface area contributed by atoms with E-state index >= 15 is 0 Å². The summed E-state index contributed by atoms with van der Waals surface area (Å²) >= 11 is 0. The molecule has 2 aliphatic rings. The zero-order valence-corrected chi connectivity index (χ0v) is 13.6. The van der Waals surface area contributed by atoms with Crippen molar-refractivity contribution in [3.05, 3.63) is 29.8 Å². The number of rotatable bonds is 4. The molecule has 0 aromatic heterocycles. The second-order valence-electron chi connectivity index (χ2n) is 6.33. The average molecular weight is 333 g/mol. The van der Waals surface area contributed by atoms with Crippen LogP contribution in [0.3, 0.4) is 0 Å². The van der Waals surface area contributed by atoms with Crippen molar-refractivity contribution < 1.29 is 24.2 Å². The Hall–Kier alpha value is -2.08. The summed E-state index contributed by atoms with van der Waals surface area (Å²) in [7, 11) is 0. The number of morpholine rings is 1. The molecule has 2 fully saturated rings. The van der Waals surface area contributed by atoms with Crippen LogP contribution in [0.1, 0.15) is 42.5 Å². The summed E-state index contributed by atoms with van der Waals surface area (Å²) in [5, 5.41) is 9.28. The Balaban J connectivity index is 1.72. The maximum Gasteiger partial charge on any atom is 0.328 e. The summed E-state index contributed by atoms with van der Waals surface area (Å²) in [4.78, 5) is 25.4. The van der Waals surface area contributed by atoms with E-state index in [4.69, 9.17) is 9.47 Å². The van der Waals surface area contributed by atoms with Gasteiger partial charge in [-0.15, -0.1) is 0 Å². The number of ether oxygens (including phenoxy) is 2. The highest BCUT2D eigenvalue weighted by atomic mass is 16.5. The van der Waals surface area contributed by atoms with Crippen molar-refractivity contribution in [2.45, 2.75) is 44.2 Å². The third-order valence-electron chi connectivity index (χ3n) is 4.61. The fourth-order valence-corrected chi connectivity index (χ4v) is 3.30. The van der Waals surface area contributed by atoms with E-state index < -0.39 is 12.0 Å². The number of benzene rings is 1. The van der Waals surface area contributed by atoms with Crippen molar-refractivity contribution in [3.8, 4) is 5.75 Å². The lowest BCUT2D eigenvalue weighted by molar-refractivity contribution is -0.147. The molecule has 1 saturated heterocycles. The normalized spacial score (nSPS) is 22.2. The summed E-state index contributed by atoms with van der Waals surface area (Å²) < 4.78 is 11.2. The average Bonchev–Trinajstić information content (AvgIpc) is 2.62. The third kappa shape index (κ3) is 3.87. The van der Waals surface area contributed by atoms with Crippen LogP contribution in [0, 0.1) is 0 Å². The van der Waals surface area contributed by atoms with Gasteiger partial charge in [0.15, 0.2) is 6.04 Å². The standard InChI is InChI=1S/C18H23NO5/c20-17(19-9-10-23-12-16(19)18(21)22)13-5-4-8-15(11-13)24-14-6-2-1-3-7-14/h4-5,8,11,14,16H,1-3,6-7,9-10,12H2,(H,21,22)/t16-/m0/s1. The van der Waals surface area contributed by atoms with Crippen molar-refractivity contribution >= 4 is 11.9 Å². The molecule has 130 valence electrons. The Bertz CT molecular complexity index is 597. The minimum absolute atomic E-state index is 0.0271. The topological polar surface area (TPSA) is 76.1 Å². The summed E-state index contributed by atoms with van der Waals surface area (Å²) in [6, 6.07) is 6.10. The van der Waals surface area contributed by atoms with Gasteiger partial charge in [0.05, 0.1) is 19.3 Å². The van der Waals surface area contributed by atoms with E-state index in [0.717, 1.165) is 12.8 Å². The van der Waals surface area contributed by atoms with Crippen LogP contribution in [0.2, 0.25) is 0 Å². The molecule has 1 aliphatic carbocycles. The van der Waals surface area contributed by atoms with E-state index in [1.165, 1.54) is 24.2 Å². The minimum Gasteiger partial charge on any atom is -0.490 e. The van der Waals surface area contributed by atoms with Gasteiger partial charge < -0.3 is 19.5 Å². The van der Waals surface area contributed by atoms with E-state index in [9.17, 15) is 14.7 Å². The molecule has 1 atom stereocenters. The molecule has 1 aromatic rings. The zero-order chi connectivity index (χ0) is 16.9. The maximum atomic E-state index is 12.7. The zero-order valence-electron chi connectivity index (χ0n) is 13.6. The molecule has 0 radical (unpaired) electrons. The molecule has 3 rings (SSSR count). The van der Waals surface area contributed by atoms with Crippen molar-refractivity contribution in [1.82, 2.24) is 4.90 Å². The molecule has 1 saturated carbocycles. The first-order valence-electron chi connectivity index (χ1n) is 8.53. The number of hydrogen-bond donors (Lipinski definition) is 1. The first-order chi connectivity index (χ1) is 11.6. The summed E-state index contributed by atoms with van der Waals surface area (Å²) in [6.45, 7) is 0.663. The number of hydrogen-bond acceptors (Lipinski definition) is 4. The number of carboxylic acid groups (broad SMARTS) is 1. The molecule has 0 spiro atoms. The molecule has 1 amide bonds. The van der Waals surface area contributed by atoms with E-state index in [2.05, 4.69) is 0 Å². The third-order valence-corrected chi connectivity index (χ3v) is 4.61. The Morgan fingerprint density at radius 3 is 2.75 bits per heavy atom. The van der Waals surface area contributed by atoms with E-state index in [-0.39, 0.29) is 25.2 Å². The van der Waals surface area contributed by atoms with Crippen LogP contribution in [0.4, 0.5) is 0 Å². The predicted octanol–water partition coefficient (Wildman–Crippen LogP) is 2.32. The lowest BCUT2D eigenvalue weighted by Gasteiger charge is -2.33. The molecule has 1 aromatic carbocycles. The van der Waals surface area contributed by atoms with Gasteiger partial charge in [0, 0.05) is 12.1 Å². The molecular weight excluding hydrogens is 310 g/mol. The van der Waals surface area contributed by atoms with Crippen molar-refractivity contribution in [1.29, 1.82) is 0 Å². The first-order valence-corrected chi connectivity index (χ1v) is 8.53. The van der Waals surface area contributed by atoms with Gasteiger partial charge in [0.1, 0.15) is 5.75 Å². The monoisotopic (exact) mass is 333 g/mol. The molecule has 0 unspecified atom stereocenters. The lowest BCUT2D eigenvalue weighted by atomic mass is 9.98. The van der Waals surface area contributed by atoms with Crippen LogP contribution < -0.4 is 4.74 Å². The van der Waals surface area contributed by atoms with Crippen molar-refractivity contribution in [3.63, 3.8) is 0 Å². The van der Waals surface area contributed by atoms with Crippen LogP contribution in [-0.2, 0) is 9.53 Å². The van der Waals surface area contributed by atoms with Crippen molar-refractivity contribution in [2.24, 2.45) is 0 Å². The second-order valence-corrected chi connectivity index (χ2v) is 6.33. The van der Waals surface area contributed by atoms with Crippen LogP contribution in [0.5, 0.6) is 5.75 Å². The maximum absolute atomic E-state index is 12.7. The van der Waals surface area contributed by atoms with E-state index in [1.54, 1.807) is 18.2 Å². The molecule has 6 nitrogen and oxygen atoms in total. The van der Waals surface area contributed by atoms with E-state index in [1.807, 2.05) is 6.07 Å². The van der Waals surface area contributed by atoms with Gasteiger partial charge in [-0.2, -0.15) is 0 Å². The molecule has 0 bridgehead atoms. The fourth-order valence-electron chi connectivity index (χ4n) is 3.30. The van der Waals surface area contributed by atoms with Crippen molar-refractivity contribution in [2.75, 3.05) is 19.8 Å². The van der Waals surface area contributed by atoms with Gasteiger partial charge in [-0.1, -0.05) is 12.5 Å². The Labute approximate surface area is 141 Å². The SMILES string of the molecule is O=C(O)[C@@H]1COCCN1C(=O)c1cccc(OC2CCCCC2)c1. The molecule has 1 aliphatic heterocycles. The van der Waals surface area contributed by atoms with Gasteiger partial charge >= 0.3 is 5.97 Å². The van der Waals surface area contributed by atoms with Gasteiger partial charge in [-0.3, -0.25) is 4.79 Å². The van der Waals surface area contributed by atoms with Crippen LogP contribution in [0.25, 0.3) is 0 Å². The molecule has 1 N–H and O–H groups in total. The molecule has 6 heteroatoms. The minimum atomic E-state index is -1.04. The van der Waals surface area contributed by atoms with Crippen LogP contribution in [-0.4, -0.2) is 53.8 Å². The number of carboxylic acids is 1. The van der Waals surface area contributed by atoms with Gasteiger partial charge in [0.25, 0.3) is 5.91 Å². The number of aliphatic carboxylic acids is 1. The molecule has 1 heterocycles. The molecular formula is C18H23NO5. The fraction of sp³-hybridized carbons (Fsp3) is 0.556. The summed E-state index contributed by atoms with van der Waals surface area (Å²) in [6.07, 6.45) is 5.91. The molecule has 24 heavy (non-hydrogen) atoms. The van der Waals surface area contributed by atoms with Crippen LogP contribution in [0.15, 0.2) is 24.3 Å². The lowest BCUT2D eigenvalue weighted by Crippen LogP contribution is -2.52. The van der Waals surface area contributed by atoms with Crippen LogP contribution >= 0.6 is 0 Å². The number of nitrogens with zero attached hydrogens (tertiary/aromatic N) is 1. The first kappa shape index (κ1) is 16.8. The highest BCUT2D eigenvalue weighted by Crippen LogP contribution is 2.24. The highest BCUT2D eigenvalue weighted by Gasteiger charge is 2.33. The van der Waals surface area contributed by atoms with Gasteiger partial charge in [-0.25, -0.2) is 4.79 Å². The van der Waals surface area contributed by atoms with E-state index in [0.29, 0.717) is 17.9 Å². The quantitative estimate of drug-likeness (QED) is 0.915. The van der Waals surface area contributed by atoms with Gasteiger partial charge in [0.2, 0.25) is 0 Å². The summed E-state index contributed by atoms with van der Waals surface area (Å²) in [5.41, 5.74) is 0.455. The highest BCUT2D eigenvalue weighted by molar-refractivity contribution is 5.97. The second kappa shape index (κ2) is 7.66. The number of carbonyl (C=O) groups is 2. The largest absolute Gasteiger partial charge is 0.490 e. The van der Waals surface area contributed by atoms with Gasteiger partial charge in [-0.05, 0) is 43.9 Å². The Kier molecular flexibility index (Phi) is 5.35. The predicted molar refractivity (Wildman–Crippen MR) is 87.2 cm³/mol. The number of amides is 1.